The highest BCUT2D eigenvalue weighted by molar-refractivity contribution is 9.10. The fourth-order valence-corrected chi connectivity index (χ4v) is 3.35. The fourth-order valence-electron chi connectivity index (χ4n) is 1.49. The van der Waals surface area contributed by atoms with E-state index in [0.717, 1.165) is 4.47 Å². The second-order valence-corrected chi connectivity index (χ2v) is 7.48. The Hall–Kier alpha value is -0.920. The van der Waals surface area contributed by atoms with Crippen LogP contribution in [0.15, 0.2) is 28.7 Å². The lowest BCUT2D eigenvalue weighted by Gasteiger charge is -2.09. The van der Waals surface area contributed by atoms with Gasteiger partial charge in [0.25, 0.3) is 0 Å². The van der Waals surface area contributed by atoms with Crippen molar-refractivity contribution in [2.45, 2.75) is 6.92 Å². The molecule has 0 spiro atoms. The number of hydrogen-bond acceptors (Lipinski definition) is 4. The molecule has 1 aromatic rings. The van der Waals surface area contributed by atoms with Gasteiger partial charge in [0, 0.05) is 10.2 Å². The smallest absolute Gasteiger partial charge is 0.239 e. The Labute approximate surface area is 121 Å². The number of nitrogens with one attached hydrogen (secondary N) is 1. The van der Waals surface area contributed by atoms with Crippen LogP contribution in [0.5, 0.6) is 0 Å². The molecular weight excluding hydrogens is 332 g/mol. The van der Waals surface area contributed by atoms with Gasteiger partial charge in [-0.05, 0) is 36.7 Å². The molecule has 0 bridgehead atoms. The van der Waals surface area contributed by atoms with Crippen LogP contribution in [-0.4, -0.2) is 32.4 Å². The molecule has 0 aliphatic carbocycles. The number of nitrogens with two attached hydrogens (primary N) is 1. The van der Waals surface area contributed by atoms with Gasteiger partial charge >= 0.3 is 0 Å². The zero-order valence-electron chi connectivity index (χ0n) is 10.6. The summed E-state index contributed by atoms with van der Waals surface area (Å²) in [4.78, 5) is 11.6. The summed E-state index contributed by atoms with van der Waals surface area (Å²) in [6.45, 7) is 2.03. The standard InChI is InChI=1S/C12H17BrN2O3S/c1-9(6-14)7-19(17,18)8-12(16)15-11-4-2-10(13)3-5-11/h2-5,9H,6-8,14H2,1H3,(H,15,16). The number of benzene rings is 1. The molecule has 0 aliphatic rings. The summed E-state index contributed by atoms with van der Waals surface area (Å²) in [7, 11) is -3.42. The van der Waals surface area contributed by atoms with Crippen LogP contribution in [0.25, 0.3) is 0 Å². The molecule has 0 saturated heterocycles. The van der Waals surface area contributed by atoms with E-state index in [2.05, 4.69) is 21.2 Å². The van der Waals surface area contributed by atoms with Gasteiger partial charge in [0.1, 0.15) is 5.75 Å². The first-order valence-electron chi connectivity index (χ1n) is 5.78. The summed E-state index contributed by atoms with van der Waals surface area (Å²) in [5, 5.41) is 2.55. The van der Waals surface area contributed by atoms with Crippen molar-refractivity contribution in [3.05, 3.63) is 28.7 Å². The molecule has 19 heavy (non-hydrogen) atoms. The SMILES string of the molecule is CC(CN)CS(=O)(=O)CC(=O)Nc1ccc(Br)cc1. The molecule has 1 aromatic carbocycles. The molecule has 0 fully saturated rings. The minimum atomic E-state index is -3.42. The van der Waals surface area contributed by atoms with Crippen molar-refractivity contribution in [1.82, 2.24) is 0 Å². The molecule has 1 amide bonds. The second-order valence-electron chi connectivity index (χ2n) is 4.45. The number of amides is 1. The molecule has 7 heteroatoms. The molecule has 0 radical (unpaired) electrons. The second kappa shape index (κ2) is 7.02. The first kappa shape index (κ1) is 16.1. The molecule has 0 aliphatic heterocycles. The highest BCUT2D eigenvalue weighted by Gasteiger charge is 2.19. The van der Waals surface area contributed by atoms with Crippen LogP contribution in [0.2, 0.25) is 0 Å². The number of anilines is 1. The minimum Gasteiger partial charge on any atom is -0.330 e. The van der Waals surface area contributed by atoms with Crippen molar-refractivity contribution in [3.63, 3.8) is 0 Å². The summed E-state index contributed by atoms with van der Waals surface area (Å²) in [6.07, 6.45) is 0. The zero-order chi connectivity index (χ0) is 14.5. The van der Waals surface area contributed by atoms with Gasteiger partial charge in [-0.1, -0.05) is 22.9 Å². The Balaban J connectivity index is 2.57. The van der Waals surface area contributed by atoms with Gasteiger partial charge < -0.3 is 11.1 Å². The summed E-state index contributed by atoms with van der Waals surface area (Å²) in [5.41, 5.74) is 5.94. The van der Waals surface area contributed by atoms with Gasteiger partial charge in [-0.15, -0.1) is 0 Å². The lowest BCUT2D eigenvalue weighted by Crippen LogP contribution is -2.29. The highest BCUT2D eigenvalue weighted by atomic mass is 79.9. The fraction of sp³-hybridized carbons (Fsp3) is 0.417. The largest absolute Gasteiger partial charge is 0.330 e. The van der Waals surface area contributed by atoms with Crippen LogP contribution in [-0.2, 0) is 14.6 Å². The summed E-state index contributed by atoms with van der Waals surface area (Å²) < 4.78 is 24.3. The van der Waals surface area contributed by atoms with E-state index in [4.69, 9.17) is 5.73 Å². The number of rotatable bonds is 6. The highest BCUT2D eigenvalue weighted by Crippen LogP contribution is 2.14. The van der Waals surface area contributed by atoms with Gasteiger partial charge in [0.2, 0.25) is 5.91 Å². The van der Waals surface area contributed by atoms with Crippen LogP contribution in [0.3, 0.4) is 0 Å². The minimum absolute atomic E-state index is 0.0722. The monoisotopic (exact) mass is 348 g/mol. The van der Waals surface area contributed by atoms with Crippen molar-refractivity contribution in [2.24, 2.45) is 11.7 Å². The molecule has 1 atom stereocenters. The maximum atomic E-state index is 11.7. The average molecular weight is 349 g/mol. The predicted octanol–water partition coefficient (Wildman–Crippen LogP) is 1.40. The third kappa shape index (κ3) is 6.17. The van der Waals surface area contributed by atoms with Crippen molar-refractivity contribution >= 4 is 37.4 Å². The van der Waals surface area contributed by atoms with Gasteiger partial charge in [-0.2, -0.15) is 0 Å². The van der Waals surface area contributed by atoms with Crippen LogP contribution < -0.4 is 11.1 Å². The van der Waals surface area contributed by atoms with Crippen molar-refractivity contribution in [3.8, 4) is 0 Å². The summed E-state index contributed by atoms with van der Waals surface area (Å²) in [6, 6.07) is 6.91. The topological polar surface area (TPSA) is 89.3 Å². The van der Waals surface area contributed by atoms with Crippen LogP contribution in [0.1, 0.15) is 6.92 Å². The third-order valence-corrected chi connectivity index (χ3v) is 4.73. The lowest BCUT2D eigenvalue weighted by molar-refractivity contribution is -0.113. The van der Waals surface area contributed by atoms with E-state index in [9.17, 15) is 13.2 Å². The first-order chi connectivity index (χ1) is 8.82. The van der Waals surface area contributed by atoms with Gasteiger partial charge in [-0.25, -0.2) is 8.42 Å². The van der Waals surface area contributed by atoms with Crippen LogP contribution >= 0.6 is 15.9 Å². The van der Waals surface area contributed by atoms with Crippen molar-refractivity contribution in [2.75, 3.05) is 23.4 Å². The normalized spacial score (nSPS) is 13.0. The number of halogens is 1. The molecule has 3 N–H and O–H groups in total. The van der Waals surface area contributed by atoms with Crippen LogP contribution in [0.4, 0.5) is 5.69 Å². The molecular formula is C12H17BrN2O3S. The number of carbonyl (C=O) groups excluding carboxylic acids is 1. The predicted molar refractivity (Wildman–Crippen MR) is 79.6 cm³/mol. The number of hydrogen-bond donors (Lipinski definition) is 2. The molecule has 1 unspecified atom stereocenters. The Morgan fingerprint density at radius 2 is 1.95 bits per heavy atom. The van der Waals surface area contributed by atoms with Crippen LogP contribution in [0, 0.1) is 5.92 Å². The quantitative estimate of drug-likeness (QED) is 0.812. The first-order valence-corrected chi connectivity index (χ1v) is 8.40. The van der Waals surface area contributed by atoms with E-state index in [1.54, 1.807) is 31.2 Å². The number of carbonyl (C=O) groups is 1. The van der Waals surface area contributed by atoms with Crippen molar-refractivity contribution < 1.29 is 13.2 Å². The van der Waals surface area contributed by atoms with Gasteiger partial charge in [-0.3, -0.25) is 4.79 Å². The van der Waals surface area contributed by atoms with E-state index in [1.165, 1.54) is 0 Å². The van der Waals surface area contributed by atoms with Crippen molar-refractivity contribution in [1.29, 1.82) is 0 Å². The van der Waals surface area contributed by atoms with Gasteiger partial charge in [0.15, 0.2) is 9.84 Å². The van der Waals surface area contributed by atoms with Gasteiger partial charge in [0.05, 0.1) is 5.75 Å². The Bertz CT molecular complexity index is 528. The van der Waals surface area contributed by atoms with E-state index < -0.39 is 21.5 Å². The molecule has 0 saturated carbocycles. The lowest BCUT2D eigenvalue weighted by atomic mass is 10.2. The Kier molecular flexibility index (Phi) is 5.96. The molecule has 1 rings (SSSR count). The van der Waals surface area contributed by atoms with E-state index in [1.807, 2.05) is 0 Å². The third-order valence-electron chi connectivity index (χ3n) is 2.42. The molecule has 0 aromatic heterocycles. The summed E-state index contributed by atoms with van der Waals surface area (Å²) >= 11 is 3.28. The van der Waals surface area contributed by atoms with E-state index in [0.29, 0.717) is 5.69 Å². The zero-order valence-corrected chi connectivity index (χ0v) is 13.0. The maximum absolute atomic E-state index is 11.7. The summed E-state index contributed by atoms with van der Waals surface area (Å²) in [5.74, 6) is -1.28. The van der Waals surface area contributed by atoms with E-state index in [-0.39, 0.29) is 18.2 Å². The maximum Gasteiger partial charge on any atom is 0.239 e. The molecule has 106 valence electrons. The average Bonchev–Trinajstić information content (AvgIpc) is 2.30. The Morgan fingerprint density at radius 1 is 1.37 bits per heavy atom. The van der Waals surface area contributed by atoms with E-state index >= 15 is 0 Å². The molecule has 0 heterocycles. The molecule has 5 nitrogen and oxygen atoms in total. The Morgan fingerprint density at radius 3 is 2.47 bits per heavy atom. The number of sulfone groups is 1.